The number of carbonyl (C=O) groups is 2. The number of benzene rings is 1. The number of aliphatic carboxylic acids is 2. The molecule has 3 N–H and O–H groups in total. The summed E-state index contributed by atoms with van der Waals surface area (Å²) in [5, 5.41) is 28.9. The third-order valence-electron chi connectivity index (χ3n) is 3.54. The summed E-state index contributed by atoms with van der Waals surface area (Å²) in [6.45, 7) is 0. The van der Waals surface area contributed by atoms with Crippen LogP contribution in [0.25, 0.3) is 0 Å². The number of nitrogens with zero attached hydrogens (tertiary/aromatic N) is 1. The number of non-ortho nitro benzene ring substituents is 1. The smallest absolute Gasteiger partial charge is 0.414 e. The molecule has 1 saturated carbocycles. The van der Waals surface area contributed by atoms with Gasteiger partial charge in [0, 0.05) is 18.2 Å². The number of methoxy groups -OCH3 is 1. The number of anilines is 1. The number of rotatable bonds is 4. The molecule has 9 heteroatoms. The van der Waals surface area contributed by atoms with Gasteiger partial charge in [0.15, 0.2) is 0 Å². The van der Waals surface area contributed by atoms with Crippen molar-refractivity contribution >= 4 is 23.3 Å². The lowest BCUT2D eigenvalue weighted by atomic mass is 9.95. The third-order valence-corrected chi connectivity index (χ3v) is 3.54. The molecule has 132 valence electrons. The van der Waals surface area contributed by atoms with Crippen molar-refractivity contribution in [2.75, 3.05) is 12.4 Å². The van der Waals surface area contributed by atoms with E-state index in [1.54, 1.807) is 19.2 Å². The molecule has 1 aromatic carbocycles. The molecule has 0 saturated heterocycles. The van der Waals surface area contributed by atoms with Crippen LogP contribution >= 0.6 is 0 Å². The molecule has 9 nitrogen and oxygen atoms in total. The molecular weight excluding hydrogens is 320 g/mol. The maximum atomic E-state index is 10.8. The van der Waals surface area contributed by atoms with Gasteiger partial charge in [0.05, 0.1) is 17.7 Å². The molecule has 0 bridgehead atoms. The lowest BCUT2D eigenvalue weighted by Crippen LogP contribution is -2.22. The van der Waals surface area contributed by atoms with Gasteiger partial charge in [-0.05, 0) is 18.9 Å². The molecule has 24 heavy (non-hydrogen) atoms. The van der Waals surface area contributed by atoms with Gasteiger partial charge in [0.25, 0.3) is 5.69 Å². The number of nitrogens with one attached hydrogen (secondary N) is 1. The molecule has 0 amide bonds. The van der Waals surface area contributed by atoms with E-state index in [9.17, 15) is 10.1 Å². The van der Waals surface area contributed by atoms with Crippen LogP contribution in [0.1, 0.15) is 32.1 Å². The number of hydrogen-bond acceptors (Lipinski definition) is 6. The maximum absolute atomic E-state index is 10.8. The molecule has 1 fully saturated rings. The highest BCUT2D eigenvalue weighted by atomic mass is 16.6. The minimum Gasteiger partial charge on any atom is -0.495 e. The molecular formula is C15H20N2O7. The predicted molar refractivity (Wildman–Crippen MR) is 85.4 cm³/mol. The lowest BCUT2D eigenvalue weighted by Gasteiger charge is -2.24. The molecule has 0 radical (unpaired) electrons. The number of carboxylic acid groups (broad SMARTS) is 2. The van der Waals surface area contributed by atoms with Crippen molar-refractivity contribution in [3.05, 3.63) is 28.3 Å². The van der Waals surface area contributed by atoms with Crippen molar-refractivity contribution in [3.63, 3.8) is 0 Å². The second kappa shape index (κ2) is 9.33. The van der Waals surface area contributed by atoms with Gasteiger partial charge in [0.1, 0.15) is 5.75 Å². The van der Waals surface area contributed by atoms with Crippen molar-refractivity contribution in [2.24, 2.45) is 0 Å². The molecule has 0 heterocycles. The second-order valence-corrected chi connectivity index (χ2v) is 5.23. The first-order valence-corrected chi connectivity index (χ1v) is 7.40. The van der Waals surface area contributed by atoms with E-state index in [0.29, 0.717) is 11.8 Å². The van der Waals surface area contributed by atoms with Gasteiger partial charge in [0.2, 0.25) is 0 Å². The summed E-state index contributed by atoms with van der Waals surface area (Å²) < 4.78 is 5.24. The number of nitro groups is 1. The van der Waals surface area contributed by atoms with E-state index in [-0.39, 0.29) is 10.6 Å². The first kappa shape index (κ1) is 19.2. The fourth-order valence-corrected chi connectivity index (χ4v) is 2.39. The fraction of sp³-hybridized carbons (Fsp3) is 0.467. The zero-order valence-electron chi connectivity index (χ0n) is 13.2. The molecule has 0 unspecified atom stereocenters. The summed E-state index contributed by atoms with van der Waals surface area (Å²) in [4.78, 5) is 28.6. The third kappa shape index (κ3) is 6.11. The highest BCUT2D eigenvalue weighted by Gasteiger charge is 2.17. The van der Waals surface area contributed by atoms with Gasteiger partial charge in [-0.3, -0.25) is 10.1 Å². The van der Waals surface area contributed by atoms with Crippen LogP contribution in [0.4, 0.5) is 11.4 Å². The van der Waals surface area contributed by atoms with Gasteiger partial charge in [-0.25, -0.2) is 9.59 Å². The Hall–Kier alpha value is -2.84. The normalized spacial score (nSPS) is 14.0. The van der Waals surface area contributed by atoms with Gasteiger partial charge < -0.3 is 20.3 Å². The maximum Gasteiger partial charge on any atom is 0.414 e. The molecule has 0 aromatic heterocycles. The standard InChI is InChI=1S/C13H18N2O3.C2H2O4/c1-18-13-8-7-11(15(16)17)9-12(13)14-10-5-3-2-4-6-10;3-1(4)2(5)6/h7-10,14H,2-6H2,1H3;(H,3,4)(H,5,6). The van der Waals surface area contributed by atoms with Crippen molar-refractivity contribution in [1.29, 1.82) is 0 Å². The van der Waals surface area contributed by atoms with Gasteiger partial charge >= 0.3 is 11.9 Å². The van der Waals surface area contributed by atoms with E-state index in [0.717, 1.165) is 18.5 Å². The van der Waals surface area contributed by atoms with E-state index in [2.05, 4.69) is 5.32 Å². The number of nitro benzene ring substituents is 1. The Labute approximate surface area is 138 Å². The lowest BCUT2D eigenvalue weighted by molar-refractivity contribution is -0.384. The molecule has 1 aromatic rings. The molecule has 0 atom stereocenters. The summed E-state index contributed by atoms with van der Waals surface area (Å²) in [6.07, 6.45) is 5.95. The average Bonchev–Trinajstić information content (AvgIpc) is 2.56. The zero-order valence-corrected chi connectivity index (χ0v) is 13.2. The van der Waals surface area contributed by atoms with Crippen LogP contribution in [0.2, 0.25) is 0 Å². The first-order chi connectivity index (χ1) is 11.3. The Kier molecular flexibility index (Phi) is 7.47. The Morgan fingerprint density at radius 2 is 1.79 bits per heavy atom. The van der Waals surface area contributed by atoms with E-state index in [1.807, 2.05) is 0 Å². The highest BCUT2D eigenvalue weighted by molar-refractivity contribution is 6.27. The number of ether oxygens (including phenoxy) is 1. The van der Waals surface area contributed by atoms with Gasteiger partial charge in [-0.2, -0.15) is 0 Å². The van der Waals surface area contributed by atoms with Crippen molar-refractivity contribution in [2.45, 2.75) is 38.1 Å². The van der Waals surface area contributed by atoms with Crippen LogP contribution in [0, 0.1) is 10.1 Å². The monoisotopic (exact) mass is 340 g/mol. The Bertz CT molecular complexity index is 585. The summed E-state index contributed by atoms with van der Waals surface area (Å²) >= 11 is 0. The van der Waals surface area contributed by atoms with E-state index in [1.165, 1.54) is 25.3 Å². The Balaban J connectivity index is 0.000000413. The first-order valence-electron chi connectivity index (χ1n) is 7.40. The quantitative estimate of drug-likeness (QED) is 0.431. The molecule has 1 aliphatic rings. The summed E-state index contributed by atoms with van der Waals surface area (Å²) in [7, 11) is 1.58. The minimum absolute atomic E-state index is 0.0918. The summed E-state index contributed by atoms with van der Waals surface area (Å²) in [5.74, 6) is -2.99. The van der Waals surface area contributed by atoms with E-state index < -0.39 is 11.9 Å². The van der Waals surface area contributed by atoms with Crippen LogP contribution in [-0.2, 0) is 9.59 Å². The largest absolute Gasteiger partial charge is 0.495 e. The van der Waals surface area contributed by atoms with Crippen molar-refractivity contribution in [3.8, 4) is 5.75 Å². The predicted octanol–water partition coefficient (Wildman–Crippen LogP) is 2.50. The summed E-state index contributed by atoms with van der Waals surface area (Å²) in [6, 6.07) is 5.05. The average molecular weight is 340 g/mol. The van der Waals surface area contributed by atoms with Crippen molar-refractivity contribution in [1.82, 2.24) is 0 Å². The SMILES string of the molecule is COc1ccc([N+](=O)[O-])cc1NC1CCCCC1.O=C(O)C(=O)O. The Morgan fingerprint density at radius 3 is 2.25 bits per heavy atom. The fourth-order valence-electron chi connectivity index (χ4n) is 2.39. The topological polar surface area (TPSA) is 139 Å². The van der Waals surface area contributed by atoms with Crippen LogP contribution in [0.3, 0.4) is 0 Å². The summed E-state index contributed by atoms with van der Waals surface area (Å²) in [5.41, 5.74) is 0.813. The number of hydrogen-bond donors (Lipinski definition) is 3. The van der Waals surface area contributed by atoms with E-state index in [4.69, 9.17) is 24.5 Å². The molecule has 0 aliphatic heterocycles. The van der Waals surface area contributed by atoms with Crippen molar-refractivity contribution < 1.29 is 29.5 Å². The zero-order chi connectivity index (χ0) is 18.1. The van der Waals surface area contributed by atoms with Crippen LogP contribution in [-0.4, -0.2) is 40.2 Å². The number of carboxylic acids is 2. The molecule has 0 spiro atoms. The Morgan fingerprint density at radius 1 is 1.21 bits per heavy atom. The van der Waals surface area contributed by atoms with Crippen LogP contribution in [0.5, 0.6) is 5.75 Å². The second-order valence-electron chi connectivity index (χ2n) is 5.23. The van der Waals surface area contributed by atoms with Crippen LogP contribution in [0.15, 0.2) is 18.2 Å². The van der Waals surface area contributed by atoms with Crippen LogP contribution < -0.4 is 10.1 Å². The molecule has 2 rings (SSSR count). The van der Waals surface area contributed by atoms with E-state index >= 15 is 0 Å². The van der Waals surface area contributed by atoms with Gasteiger partial charge in [-0.15, -0.1) is 0 Å². The molecule has 1 aliphatic carbocycles. The minimum atomic E-state index is -1.82. The highest BCUT2D eigenvalue weighted by Crippen LogP contribution is 2.31. The van der Waals surface area contributed by atoms with Gasteiger partial charge in [-0.1, -0.05) is 19.3 Å².